The Labute approximate surface area is 146 Å². The second-order valence-electron chi connectivity index (χ2n) is 5.07. The normalized spacial score (nSPS) is 12.7. The van der Waals surface area contributed by atoms with Gasteiger partial charge in [0.15, 0.2) is 5.82 Å². The Kier molecular flexibility index (Phi) is 5.03. The zero-order valence-corrected chi connectivity index (χ0v) is 14.4. The number of halogens is 2. The lowest BCUT2D eigenvalue weighted by molar-refractivity contribution is 0.265. The van der Waals surface area contributed by atoms with E-state index in [-0.39, 0.29) is 17.9 Å². The molecule has 3 heterocycles. The molecule has 0 unspecified atom stereocenters. The predicted octanol–water partition coefficient (Wildman–Crippen LogP) is 2.57. The van der Waals surface area contributed by atoms with Crippen molar-refractivity contribution in [2.24, 2.45) is 5.73 Å². The van der Waals surface area contributed by atoms with Crippen LogP contribution in [0.5, 0.6) is 0 Å². The van der Waals surface area contributed by atoms with Crippen molar-refractivity contribution in [3.05, 3.63) is 44.5 Å². The summed E-state index contributed by atoms with van der Waals surface area (Å²) in [5.74, 6) is 0.601. The average Bonchev–Trinajstić information content (AvgIpc) is 3.15. The van der Waals surface area contributed by atoms with Crippen molar-refractivity contribution in [1.82, 2.24) is 14.6 Å². The molecule has 0 aliphatic heterocycles. The number of rotatable bonds is 6. The zero-order chi connectivity index (χ0) is 16.4. The van der Waals surface area contributed by atoms with Gasteiger partial charge in [-0.05, 0) is 41.1 Å². The molecule has 0 aliphatic carbocycles. The Hall–Kier alpha value is -1.38. The van der Waals surface area contributed by atoms with Gasteiger partial charge in [-0.2, -0.15) is 4.98 Å². The lowest BCUT2D eigenvalue weighted by atomic mass is 10.1. The number of hydrogen-bond acceptors (Lipinski definition) is 6. The molecule has 0 radical (unpaired) electrons. The van der Waals surface area contributed by atoms with E-state index in [1.807, 2.05) is 23.6 Å². The predicted molar refractivity (Wildman–Crippen MR) is 93.4 cm³/mol. The molecule has 1 atom stereocenters. The summed E-state index contributed by atoms with van der Waals surface area (Å²) in [5, 5.41) is 19.0. The molecule has 0 spiro atoms. The number of fused-ring (bicyclic) bond motifs is 1. The monoisotopic (exact) mass is 371 g/mol. The van der Waals surface area contributed by atoms with E-state index in [0.717, 1.165) is 11.1 Å². The summed E-state index contributed by atoms with van der Waals surface area (Å²) in [6.07, 6.45) is 0.445. The first-order chi connectivity index (χ1) is 11.1. The molecule has 23 heavy (non-hydrogen) atoms. The van der Waals surface area contributed by atoms with E-state index in [2.05, 4.69) is 15.4 Å². The van der Waals surface area contributed by atoms with Crippen molar-refractivity contribution < 1.29 is 5.11 Å². The molecule has 0 saturated carbocycles. The summed E-state index contributed by atoms with van der Waals surface area (Å²) in [6.45, 7) is 0.521. The lowest BCUT2D eigenvalue weighted by Gasteiger charge is -2.07. The van der Waals surface area contributed by atoms with Crippen LogP contribution in [0, 0.1) is 0 Å². The van der Waals surface area contributed by atoms with Crippen molar-refractivity contribution in [2.75, 3.05) is 11.9 Å². The number of nitrogens with zero attached hydrogens (tertiary/aromatic N) is 3. The summed E-state index contributed by atoms with van der Waals surface area (Å²) in [5.41, 5.74) is 7.31. The minimum absolute atomic E-state index is 0.0988. The fraction of sp³-hybridized carbons (Fsp3) is 0.286. The molecule has 0 amide bonds. The van der Waals surface area contributed by atoms with Crippen LogP contribution < -0.4 is 11.1 Å². The number of nitrogens with one attached hydrogen (secondary N) is 1. The van der Waals surface area contributed by atoms with E-state index < -0.39 is 0 Å². The van der Waals surface area contributed by atoms with E-state index in [1.165, 1.54) is 9.39 Å². The van der Waals surface area contributed by atoms with Crippen LogP contribution in [0.3, 0.4) is 0 Å². The molecule has 4 N–H and O–H groups in total. The molecule has 0 aromatic carbocycles. The smallest absolute Gasteiger partial charge is 0.243 e. The molecule has 3 aromatic heterocycles. The van der Waals surface area contributed by atoms with Crippen molar-refractivity contribution in [2.45, 2.75) is 19.0 Å². The van der Waals surface area contributed by atoms with E-state index in [1.54, 1.807) is 11.3 Å². The van der Waals surface area contributed by atoms with Gasteiger partial charge in [0, 0.05) is 10.9 Å². The third-order valence-corrected chi connectivity index (χ3v) is 4.79. The number of hydrogen-bond donors (Lipinski definition) is 3. The number of thiophene rings is 1. The Bertz CT molecular complexity index is 805. The van der Waals surface area contributed by atoms with Crippen molar-refractivity contribution in [1.29, 1.82) is 0 Å². The van der Waals surface area contributed by atoms with Gasteiger partial charge < -0.3 is 16.2 Å². The molecule has 0 bridgehead atoms. The number of aliphatic hydroxyl groups excluding tert-OH is 1. The number of nitrogens with two attached hydrogens (primary N) is 1. The van der Waals surface area contributed by atoms with Crippen LogP contribution in [0.2, 0.25) is 10.4 Å². The van der Waals surface area contributed by atoms with Crippen LogP contribution in [0.1, 0.15) is 10.4 Å². The van der Waals surface area contributed by atoms with Crippen LogP contribution in [0.4, 0.5) is 5.82 Å². The van der Waals surface area contributed by atoms with Gasteiger partial charge in [-0.3, -0.25) is 0 Å². The summed E-state index contributed by atoms with van der Waals surface area (Å²) in [6, 6.07) is 5.52. The fourth-order valence-electron chi connectivity index (χ4n) is 2.25. The molecular formula is C14H15Cl2N5OS. The molecule has 122 valence electrons. The maximum Gasteiger partial charge on any atom is 0.243 e. The van der Waals surface area contributed by atoms with Gasteiger partial charge in [-0.25, -0.2) is 4.52 Å². The summed E-state index contributed by atoms with van der Waals surface area (Å²) in [7, 11) is 0. The van der Waals surface area contributed by atoms with Crippen LogP contribution in [-0.4, -0.2) is 32.4 Å². The standard InChI is InChI=1S/C14H15Cl2N5OS/c15-12-8(4-9(17)7-22)5-11-13(19-14(16)20-21(11)12)18-6-10-2-1-3-23-10/h1-3,5,9,22H,4,6-7,17H2,(H,18,19,20)/t9-/m1/s1. The lowest BCUT2D eigenvalue weighted by Crippen LogP contribution is -2.26. The SMILES string of the molecule is N[C@@H](CO)Cc1cc2c(NCc3cccs3)nc(Cl)nn2c1Cl. The maximum atomic E-state index is 9.12. The average molecular weight is 372 g/mol. The molecule has 0 fully saturated rings. The highest BCUT2D eigenvalue weighted by Crippen LogP contribution is 2.27. The van der Waals surface area contributed by atoms with Crippen molar-refractivity contribution in [3.63, 3.8) is 0 Å². The number of aliphatic hydroxyl groups is 1. The minimum Gasteiger partial charge on any atom is -0.395 e. The van der Waals surface area contributed by atoms with Crippen LogP contribution in [0.15, 0.2) is 23.6 Å². The van der Waals surface area contributed by atoms with Gasteiger partial charge in [-0.1, -0.05) is 17.7 Å². The summed E-state index contributed by atoms with van der Waals surface area (Å²) >= 11 is 14.0. The second-order valence-corrected chi connectivity index (χ2v) is 6.79. The second kappa shape index (κ2) is 7.02. The fourth-order valence-corrected chi connectivity index (χ4v) is 3.32. The Morgan fingerprint density at radius 1 is 1.43 bits per heavy atom. The van der Waals surface area contributed by atoms with E-state index in [0.29, 0.717) is 23.9 Å². The van der Waals surface area contributed by atoms with Gasteiger partial charge >= 0.3 is 0 Å². The molecule has 3 rings (SSSR count). The minimum atomic E-state index is -0.379. The molecule has 0 aliphatic rings. The Morgan fingerprint density at radius 3 is 2.96 bits per heavy atom. The zero-order valence-electron chi connectivity index (χ0n) is 12.0. The molecule has 3 aromatic rings. The first-order valence-corrected chi connectivity index (χ1v) is 8.58. The van der Waals surface area contributed by atoms with E-state index >= 15 is 0 Å². The third kappa shape index (κ3) is 3.59. The quantitative estimate of drug-likeness (QED) is 0.619. The van der Waals surface area contributed by atoms with Crippen LogP contribution in [-0.2, 0) is 13.0 Å². The number of aromatic nitrogens is 3. The number of anilines is 1. The van der Waals surface area contributed by atoms with E-state index in [4.69, 9.17) is 34.0 Å². The summed E-state index contributed by atoms with van der Waals surface area (Å²) in [4.78, 5) is 5.42. The Morgan fingerprint density at radius 2 is 2.26 bits per heavy atom. The largest absolute Gasteiger partial charge is 0.395 e. The van der Waals surface area contributed by atoms with Gasteiger partial charge in [-0.15, -0.1) is 16.4 Å². The molecular weight excluding hydrogens is 357 g/mol. The maximum absolute atomic E-state index is 9.12. The Balaban J connectivity index is 1.95. The summed E-state index contributed by atoms with van der Waals surface area (Å²) < 4.78 is 1.53. The highest BCUT2D eigenvalue weighted by atomic mass is 35.5. The highest BCUT2D eigenvalue weighted by Gasteiger charge is 2.16. The van der Waals surface area contributed by atoms with Gasteiger partial charge in [0.1, 0.15) is 10.7 Å². The molecule has 0 saturated heterocycles. The first-order valence-electron chi connectivity index (χ1n) is 6.95. The van der Waals surface area contributed by atoms with Crippen LogP contribution in [0.25, 0.3) is 5.52 Å². The van der Waals surface area contributed by atoms with Crippen LogP contribution >= 0.6 is 34.5 Å². The van der Waals surface area contributed by atoms with Crippen molar-refractivity contribution in [3.8, 4) is 0 Å². The van der Waals surface area contributed by atoms with Gasteiger partial charge in [0.05, 0.1) is 13.2 Å². The van der Waals surface area contributed by atoms with Gasteiger partial charge in [0.25, 0.3) is 0 Å². The van der Waals surface area contributed by atoms with E-state index in [9.17, 15) is 0 Å². The molecule has 9 heteroatoms. The highest BCUT2D eigenvalue weighted by molar-refractivity contribution is 7.09. The van der Waals surface area contributed by atoms with Crippen molar-refractivity contribution >= 4 is 45.9 Å². The first kappa shape index (κ1) is 16.5. The topological polar surface area (TPSA) is 88.5 Å². The van der Waals surface area contributed by atoms with Gasteiger partial charge in [0.2, 0.25) is 5.28 Å². The molecule has 6 nitrogen and oxygen atoms in total. The third-order valence-electron chi connectivity index (χ3n) is 3.35.